The van der Waals surface area contributed by atoms with Gasteiger partial charge < -0.3 is 22.0 Å². The lowest BCUT2D eigenvalue weighted by molar-refractivity contribution is -0.125. The molecular weight excluding hydrogens is 436 g/mol. The Hall–Kier alpha value is -3.54. The number of aromatic nitrogens is 1. The van der Waals surface area contributed by atoms with Crippen molar-refractivity contribution >= 4 is 27.6 Å². The predicted molar refractivity (Wildman–Crippen MR) is 121 cm³/mol. The maximum absolute atomic E-state index is 13.3. The van der Waals surface area contributed by atoms with Gasteiger partial charge in [0, 0.05) is 5.69 Å². The van der Waals surface area contributed by atoms with E-state index in [4.69, 9.17) is 22.0 Å². The van der Waals surface area contributed by atoms with Gasteiger partial charge in [0.1, 0.15) is 5.69 Å². The van der Waals surface area contributed by atoms with Gasteiger partial charge in [0.2, 0.25) is 11.9 Å². The number of nitrogens with two attached hydrogens (primary N) is 3. The summed E-state index contributed by atoms with van der Waals surface area (Å²) in [7, 11) is -4.05. The molecule has 0 saturated heterocycles. The van der Waals surface area contributed by atoms with Crippen molar-refractivity contribution in [3.05, 3.63) is 58.0 Å². The Morgan fingerprint density at radius 2 is 1.91 bits per heavy atom. The number of nitrogens with zero attached hydrogens (tertiary/aromatic N) is 2. The maximum Gasteiger partial charge on any atom is 0.275 e. The van der Waals surface area contributed by atoms with Gasteiger partial charge in [-0.05, 0) is 55.3 Å². The molecule has 32 heavy (non-hydrogen) atoms. The second-order valence-electron chi connectivity index (χ2n) is 7.26. The molecule has 0 spiro atoms. The number of rotatable bonds is 10. The van der Waals surface area contributed by atoms with Gasteiger partial charge in [-0.2, -0.15) is 0 Å². The number of nitrogens with one attached hydrogen (secondary N) is 1. The van der Waals surface area contributed by atoms with Crippen molar-refractivity contribution in [3.63, 3.8) is 0 Å². The van der Waals surface area contributed by atoms with E-state index in [1.807, 2.05) is 6.92 Å². The van der Waals surface area contributed by atoms with Crippen LogP contribution in [0.2, 0.25) is 0 Å². The SMILES string of the molecule is CCCc1ccc(NS(=O)(=O)c2cccc(C)c2)c(=O)n1C(C(N)=O)C(C)ON=C(N)N. The van der Waals surface area contributed by atoms with Gasteiger partial charge in [0.15, 0.2) is 12.1 Å². The highest BCUT2D eigenvalue weighted by atomic mass is 32.2. The number of oxime groups is 1. The third-order valence-electron chi connectivity index (χ3n) is 4.59. The number of hydrogen-bond acceptors (Lipinski definition) is 6. The average Bonchev–Trinajstić information content (AvgIpc) is 2.70. The first-order valence-electron chi connectivity index (χ1n) is 9.86. The minimum Gasteiger partial charge on any atom is -0.387 e. The smallest absolute Gasteiger partial charge is 0.275 e. The van der Waals surface area contributed by atoms with Crippen molar-refractivity contribution in [3.8, 4) is 0 Å². The molecule has 0 fully saturated rings. The normalized spacial score (nSPS) is 13.1. The van der Waals surface area contributed by atoms with Crippen LogP contribution in [0.5, 0.6) is 0 Å². The molecule has 2 atom stereocenters. The number of carbonyl (C=O) groups is 1. The van der Waals surface area contributed by atoms with Gasteiger partial charge in [-0.3, -0.25) is 18.9 Å². The van der Waals surface area contributed by atoms with Gasteiger partial charge in [0.05, 0.1) is 4.90 Å². The number of guanidine groups is 1. The van der Waals surface area contributed by atoms with Gasteiger partial charge >= 0.3 is 0 Å². The molecule has 2 rings (SSSR count). The van der Waals surface area contributed by atoms with Crippen LogP contribution in [-0.4, -0.2) is 31.0 Å². The lowest BCUT2D eigenvalue weighted by Crippen LogP contribution is -2.43. The van der Waals surface area contributed by atoms with E-state index in [2.05, 4.69) is 9.88 Å². The Bertz CT molecular complexity index is 1170. The lowest BCUT2D eigenvalue weighted by atomic mass is 10.1. The van der Waals surface area contributed by atoms with E-state index in [0.717, 1.165) is 10.1 Å². The van der Waals surface area contributed by atoms with Gasteiger partial charge in [0.25, 0.3) is 15.6 Å². The highest BCUT2D eigenvalue weighted by Crippen LogP contribution is 2.20. The summed E-state index contributed by atoms with van der Waals surface area (Å²) in [5.41, 5.74) is 16.3. The molecule has 0 aliphatic heterocycles. The van der Waals surface area contributed by atoms with Crippen molar-refractivity contribution in [2.24, 2.45) is 22.4 Å². The molecule has 2 unspecified atom stereocenters. The summed E-state index contributed by atoms with van der Waals surface area (Å²) in [6, 6.07) is 7.86. The third-order valence-corrected chi connectivity index (χ3v) is 5.95. The van der Waals surface area contributed by atoms with Crippen molar-refractivity contribution in [2.45, 2.75) is 50.7 Å². The van der Waals surface area contributed by atoms with Crippen LogP contribution in [0.4, 0.5) is 5.69 Å². The summed E-state index contributed by atoms with van der Waals surface area (Å²) >= 11 is 0. The summed E-state index contributed by atoms with van der Waals surface area (Å²) < 4.78 is 29.1. The number of primary amides is 1. The summed E-state index contributed by atoms with van der Waals surface area (Å²) in [5, 5.41) is 3.43. The van der Waals surface area contributed by atoms with Crippen molar-refractivity contribution in [1.29, 1.82) is 0 Å². The number of aryl methyl sites for hydroxylation is 2. The average molecular weight is 465 g/mol. The fourth-order valence-corrected chi connectivity index (χ4v) is 4.35. The molecule has 0 aliphatic rings. The van der Waals surface area contributed by atoms with E-state index in [9.17, 15) is 18.0 Å². The molecule has 7 N–H and O–H groups in total. The Balaban J connectivity index is 2.59. The van der Waals surface area contributed by atoms with E-state index < -0.39 is 33.6 Å². The third kappa shape index (κ3) is 5.78. The molecule has 0 radical (unpaired) electrons. The molecule has 2 aromatic rings. The largest absolute Gasteiger partial charge is 0.387 e. The molecule has 0 bridgehead atoms. The zero-order valence-corrected chi connectivity index (χ0v) is 18.9. The molecular formula is C20H28N6O5S. The molecule has 1 aromatic heterocycles. The van der Waals surface area contributed by atoms with E-state index in [-0.39, 0.29) is 16.5 Å². The molecule has 11 nitrogen and oxygen atoms in total. The van der Waals surface area contributed by atoms with Crippen LogP contribution >= 0.6 is 0 Å². The van der Waals surface area contributed by atoms with E-state index >= 15 is 0 Å². The van der Waals surface area contributed by atoms with Crippen LogP contribution < -0.4 is 27.5 Å². The fraction of sp³-hybridized carbons (Fsp3) is 0.350. The van der Waals surface area contributed by atoms with Crippen molar-refractivity contribution < 1.29 is 18.0 Å². The lowest BCUT2D eigenvalue weighted by Gasteiger charge is -2.25. The van der Waals surface area contributed by atoms with Gasteiger partial charge in [-0.1, -0.05) is 25.5 Å². The minimum atomic E-state index is -4.05. The maximum atomic E-state index is 13.3. The highest BCUT2D eigenvalue weighted by molar-refractivity contribution is 7.92. The Kier molecular flexibility index (Phi) is 7.87. The number of sulfonamides is 1. The first-order valence-corrected chi connectivity index (χ1v) is 11.3. The molecule has 174 valence electrons. The number of pyridine rings is 1. The topological polar surface area (TPSA) is 185 Å². The first-order chi connectivity index (χ1) is 15.0. The first kappa shape index (κ1) is 24.7. The minimum absolute atomic E-state index is 0.00278. The number of carbonyl (C=O) groups excluding carboxylic acids is 1. The summed E-state index contributed by atoms with van der Waals surface area (Å²) in [6.07, 6.45) is 0.0630. The Labute approximate surface area is 186 Å². The summed E-state index contributed by atoms with van der Waals surface area (Å²) in [5.74, 6) is -1.25. The van der Waals surface area contributed by atoms with Crippen molar-refractivity contribution in [2.75, 3.05) is 4.72 Å². The molecule has 0 aliphatic carbocycles. The van der Waals surface area contributed by atoms with E-state index in [1.54, 1.807) is 25.1 Å². The standard InChI is InChI=1S/C20H28N6O5S/c1-4-6-14-9-10-16(25-32(29,30)15-8-5-7-12(2)11-15)19(28)26(14)17(18(21)27)13(3)31-24-20(22)23/h5,7-11,13,17,25H,4,6H2,1-3H3,(H2,21,27)(H4,22,23,24). The van der Waals surface area contributed by atoms with Crippen LogP contribution in [0, 0.1) is 6.92 Å². The Morgan fingerprint density at radius 3 is 2.47 bits per heavy atom. The summed E-state index contributed by atoms with van der Waals surface area (Å²) in [6.45, 7) is 5.11. The van der Waals surface area contributed by atoms with Crippen LogP contribution in [0.25, 0.3) is 0 Å². The molecule has 1 heterocycles. The van der Waals surface area contributed by atoms with E-state index in [0.29, 0.717) is 18.5 Å². The van der Waals surface area contributed by atoms with Gasteiger partial charge in [-0.25, -0.2) is 8.42 Å². The highest BCUT2D eigenvalue weighted by Gasteiger charge is 2.31. The molecule has 12 heteroatoms. The van der Waals surface area contributed by atoms with Crippen LogP contribution in [0.15, 0.2) is 51.2 Å². The van der Waals surface area contributed by atoms with E-state index in [1.165, 1.54) is 25.1 Å². The zero-order chi connectivity index (χ0) is 24.1. The fourth-order valence-electron chi connectivity index (χ4n) is 3.19. The van der Waals surface area contributed by atoms with Crippen LogP contribution in [0.1, 0.15) is 37.6 Å². The van der Waals surface area contributed by atoms with Gasteiger partial charge in [-0.15, -0.1) is 0 Å². The monoisotopic (exact) mass is 464 g/mol. The van der Waals surface area contributed by atoms with Crippen LogP contribution in [-0.2, 0) is 26.1 Å². The molecule has 1 aromatic carbocycles. The zero-order valence-electron chi connectivity index (χ0n) is 18.1. The second-order valence-corrected chi connectivity index (χ2v) is 8.94. The Morgan fingerprint density at radius 1 is 1.22 bits per heavy atom. The number of anilines is 1. The quantitative estimate of drug-likeness (QED) is 0.224. The number of amides is 1. The van der Waals surface area contributed by atoms with Crippen molar-refractivity contribution in [1.82, 2.24) is 4.57 Å². The molecule has 1 amide bonds. The van der Waals surface area contributed by atoms with Crippen LogP contribution in [0.3, 0.4) is 0 Å². The number of hydrogen-bond donors (Lipinski definition) is 4. The summed E-state index contributed by atoms with van der Waals surface area (Å²) in [4.78, 5) is 30.7. The molecule has 0 saturated carbocycles. The second kappa shape index (κ2) is 10.2. The number of benzene rings is 1. The predicted octanol–water partition coefficient (Wildman–Crippen LogP) is 0.530.